The van der Waals surface area contributed by atoms with Crippen LogP contribution in [0.3, 0.4) is 0 Å². The van der Waals surface area contributed by atoms with E-state index in [1.807, 2.05) is 6.07 Å². The lowest BCUT2D eigenvalue weighted by molar-refractivity contribution is 0.103. The zero-order valence-electron chi connectivity index (χ0n) is 9.26. The number of hydrogen-bond acceptors (Lipinski definition) is 2. The highest BCUT2D eigenvalue weighted by atomic mass is 19.1. The molecule has 1 atom stereocenters. The zero-order valence-corrected chi connectivity index (χ0v) is 9.26. The first-order valence-corrected chi connectivity index (χ1v) is 5.31. The molecule has 2 rings (SSSR count). The Morgan fingerprint density at radius 1 is 1.47 bits per heavy atom. The minimum Gasteiger partial charge on any atom is -0.313 e. The summed E-state index contributed by atoms with van der Waals surface area (Å²) in [6.45, 7) is 5.01. The van der Waals surface area contributed by atoms with Gasteiger partial charge in [0.15, 0.2) is 0 Å². The van der Waals surface area contributed by atoms with Crippen LogP contribution in [-0.4, -0.2) is 31.6 Å². The summed E-state index contributed by atoms with van der Waals surface area (Å²) in [7, 11) is 2.09. The fourth-order valence-corrected chi connectivity index (χ4v) is 2.11. The molecular formula is C12H17FN2. The molecule has 0 saturated carbocycles. The van der Waals surface area contributed by atoms with Gasteiger partial charge in [-0.3, -0.25) is 4.90 Å². The normalized spacial score (nSPS) is 27.9. The molecular weight excluding hydrogens is 191 g/mol. The molecule has 1 N–H and O–H groups in total. The summed E-state index contributed by atoms with van der Waals surface area (Å²) in [4.78, 5) is 2.28. The van der Waals surface area contributed by atoms with Crippen molar-refractivity contribution >= 4 is 0 Å². The van der Waals surface area contributed by atoms with E-state index >= 15 is 0 Å². The highest BCUT2D eigenvalue weighted by Crippen LogP contribution is 2.28. The van der Waals surface area contributed by atoms with E-state index in [4.69, 9.17) is 0 Å². The Balaban J connectivity index is 2.34. The molecule has 1 aliphatic rings. The molecule has 0 aromatic heterocycles. The molecule has 1 fully saturated rings. The minimum absolute atomic E-state index is 0.0969. The van der Waals surface area contributed by atoms with Crippen molar-refractivity contribution in [2.45, 2.75) is 12.5 Å². The largest absolute Gasteiger partial charge is 0.313 e. The molecule has 0 spiro atoms. The van der Waals surface area contributed by atoms with E-state index in [9.17, 15) is 4.39 Å². The Bertz CT molecular complexity index is 353. The van der Waals surface area contributed by atoms with E-state index in [0.29, 0.717) is 0 Å². The van der Waals surface area contributed by atoms with E-state index in [0.717, 1.165) is 25.2 Å². The van der Waals surface area contributed by atoms with Gasteiger partial charge in [-0.15, -0.1) is 0 Å². The van der Waals surface area contributed by atoms with Gasteiger partial charge in [0.05, 0.1) is 5.54 Å². The third-order valence-corrected chi connectivity index (χ3v) is 3.38. The first kappa shape index (κ1) is 10.6. The van der Waals surface area contributed by atoms with Crippen molar-refractivity contribution in [3.8, 4) is 0 Å². The predicted octanol–water partition coefficient (Wildman–Crippen LogP) is 1.58. The molecule has 0 bridgehead atoms. The molecule has 15 heavy (non-hydrogen) atoms. The molecule has 3 heteroatoms. The first-order valence-electron chi connectivity index (χ1n) is 5.31. The van der Waals surface area contributed by atoms with E-state index in [2.05, 4.69) is 24.2 Å². The number of halogens is 1. The van der Waals surface area contributed by atoms with Crippen LogP contribution in [0.4, 0.5) is 4.39 Å². The van der Waals surface area contributed by atoms with Gasteiger partial charge >= 0.3 is 0 Å². The summed E-state index contributed by atoms with van der Waals surface area (Å²) in [5.74, 6) is -0.160. The molecule has 1 saturated heterocycles. The quantitative estimate of drug-likeness (QED) is 0.753. The molecule has 82 valence electrons. The Hall–Kier alpha value is -0.930. The molecule has 0 amide bonds. The Morgan fingerprint density at radius 3 is 2.93 bits per heavy atom. The van der Waals surface area contributed by atoms with E-state index in [-0.39, 0.29) is 11.4 Å². The fourth-order valence-electron chi connectivity index (χ4n) is 2.11. The van der Waals surface area contributed by atoms with Gasteiger partial charge in [0.1, 0.15) is 5.82 Å². The third kappa shape index (κ3) is 1.90. The summed E-state index contributed by atoms with van der Waals surface area (Å²) in [6.07, 6.45) is 0. The topological polar surface area (TPSA) is 15.3 Å². The third-order valence-electron chi connectivity index (χ3n) is 3.38. The predicted molar refractivity (Wildman–Crippen MR) is 59.3 cm³/mol. The van der Waals surface area contributed by atoms with Crippen LogP contribution in [0.1, 0.15) is 12.5 Å². The van der Waals surface area contributed by atoms with Crippen molar-refractivity contribution < 1.29 is 4.39 Å². The number of benzene rings is 1. The van der Waals surface area contributed by atoms with Crippen molar-refractivity contribution in [2.75, 3.05) is 26.7 Å². The summed E-state index contributed by atoms with van der Waals surface area (Å²) in [5, 5.41) is 3.36. The number of nitrogens with zero attached hydrogens (tertiary/aromatic N) is 1. The molecule has 0 radical (unpaired) electrons. The van der Waals surface area contributed by atoms with Crippen LogP contribution in [0, 0.1) is 5.82 Å². The minimum atomic E-state index is -0.160. The van der Waals surface area contributed by atoms with Gasteiger partial charge in [0, 0.05) is 19.6 Å². The average molecular weight is 208 g/mol. The van der Waals surface area contributed by atoms with E-state index < -0.39 is 0 Å². The van der Waals surface area contributed by atoms with Gasteiger partial charge in [0.2, 0.25) is 0 Å². The first-order chi connectivity index (χ1) is 7.13. The molecule has 2 nitrogen and oxygen atoms in total. The van der Waals surface area contributed by atoms with E-state index in [1.54, 1.807) is 12.1 Å². The van der Waals surface area contributed by atoms with Crippen LogP contribution in [0.25, 0.3) is 0 Å². The average Bonchev–Trinajstić information content (AvgIpc) is 2.23. The van der Waals surface area contributed by atoms with Crippen molar-refractivity contribution in [2.24, 2.45) is 0 Å². The SMILES string of the molecule is CN1CCNCC1(C)c1cccc(F)c1. The molecule has 1 heterocycles. The second-order valence-corrected chi connectivity index (χ2v) is 4.38. The Kier molecular flexibility index (Phi) is 2.76. The summed E-state index contributed by atoms with van der Waals surface area (Å²) < 4.78 is 13.2. The van der Waals surface area contributed by atoms with Gasteiger partial charge in [-0.05, 0) is 31.7 Å². The monoisotopic (exact) mass is 208 g/mol. The second kappa shape index (κ2) is 3.91. The fraction of sp³-hybridized carbons (Fsp3) is 0.500. The van der Waals surface area contributed by atoms with Crippen molar-refractivity contribution in [1.82, 2.24) is 10.2 Å². The van der Waals surface area contributed by atoms with Crippen LogP contribution in [0.5, 0.6) is 0 Å². The Morgan fingerprint density at radius 2 is 2.27 bits per heavy atom. The number of nitrogens with one attached hydrogen (secondary N) is 1. The summed E-state index contributed by atoms with van der Waals surface area (Å²) in [6, 6.07) is 6.89. The lowest BCUT2D eigenvalue weighted by atomic mass is 9.89. The lowest BCUT2D eigenvalue weighted by Crippen LogP contribution is -2.55. The number of likely N-dealkylation sites (N-methyl/N-ethyl adjacent to an activating group) is 1. The van der Waals surface area contributed by atoms with Crippen LogP contribution < -0.4 is 5.32 Å². The van der Waals surface area contributed by atoms with Crippen molar-refractivity contribution in [1.29, 1.82) is 0 Å². The van der Waals surface area contributed by atoms with Crippen LogP contribution >= 0.6 is 0 Å². The highest BCUT2D eigenvalue weighted by molar-refractivity contribution is 5.25. The standard InChI is InChI=1S/C12H17FN2/c1-12(9-14-6-7-15(12)2)10-4-3-5-11(13)8-10/h3-5,8,14H,6-7,9H2,1-2H3. The number of hydrogen-bond donors (Lipinski definition) is 1. The van der Waals surface area contributed by atoms with Gasteiger partial charge in [-0.1, -0.05) is 12.1 Å². The second-order valence-electron chi connectivity index (χ2n) is 4.38. The maximum absolute atomic E-state index is 13.2. The van der Waals surface area contributed by atoms with Crippen LogP contribution in [-0.2, 0) is 5.54 Å². The highest BCUT2D eigenvalue weighted by Gasteiger charge is 2.33. The Labute approximate surface area is 90.1 Å². The van der Waals surface area contributed by atoms with Crippen LogP contribution in [0.15, 0.2) is 24.3 Å². The maximum Gasteiger partial charge on any atom is 0.123 e. The van der Waals surface area contributed by atoms with Gasteiger partial charge < -0.3 is 5.32 Å². The number of rotatable bonds is 1. The van der Waals surface area contributed by atoms with Crippen LogP contribution in [0.2, 0.25) is 0 Å². The summed E-state index contributed by atoms with van der Waals surface area (Å²) in [5.41, 5.74) is 0.942. The molecule has 1 unspecified atom stereocenters. The van der Waals surface area contributed by atoms with Gasteiger partial charge in [-0.25, -0.2) is 4.39 Å². The molecule has 1 aliphatic heterocycles. The zero-order chi connectivity index (χ0) is 10.9. The molecule has 0 aliphatic carbocycles. The molecule has 1 aromatic carbocycles. The smallest absolute Gasteiger partial charge is 0.123 e. The number of piperazine rings is 1. The molecule has 1 aromatic rings. The van der Waals surface area contributed by atoms with Crippen molar-refractivity contribution in [3.05, 3.63) is 35.6 Å². The van der Waals surface area contributed by atoms with E-state index in [1.165, 1.54) is 6.07 Å². The summed E-state index contributed by atoms with van der Waals surface area (Å²) >= 11 is 0. The lowest BCUT2D eigenvalue weighted by Gasteiger charge is -2.43. The van der Waals surface area contributed by atoms with Crippen molar-refractivity contribution in [3.63, 3.8) is 0 Å². The van der Waals surface area contributed by atoms with Gasteiger partial charge in [0.25, 0.3) is 0 Å². The maximum atomic E-state index is 13.2. The van der Waals surface area contributed by atoms with Gasteiger partial charge in [-0.2, -0.15) is 0 Å².